The molecule has 0 aliphatic carbocycles. The molecular weight excluding hydrogens is 220 g/mol. The Morgan fingerprint density at radius 3 is 2.71 bits per heavy atom. The van der Waals surface area contributed by atoms with E-state index in [4.69, 9.17) is 9.47 Å². The summed E-state index contributed by atoms with van der Waals surface area (Å²) in [6, 6.07) is 9.08. The molecule has 1 aromatic rings. The van der Waals surface area contributed by atoms with Gasteiger partial charge in [-0.05, 0) is 18.6 Å². The fraction of sp³-hybridized carbons (Fsp3) is 0.417. The molecule has 0 bridgehead atoms. The quantitative estimate of drug-likeness (QED) is 0.557. The maximum Gasteiger partial charge on any atom is 0.317 e. The van der Waals surface area contributed by atoms with Crippen LogP contribution in [0.25, 0.3) is 0 Å². The maximum absolute atomic E-state index is 11.3. The number of rotatable bonds is 7. The van der Waals surface area contributed by atoms with Crippen molar-refractivity contribution in [3.63, 3.8) is 0 Å². The standard InChI is InChI=1S/C12H18N2O3/c1-16-9-5-8-13-12(15)14-10-17-11-6-3-2-4-7-11/h2-4,6-7H,5,8-10H2,1H3,(H2,13,14,15). The Morgan fingerprint density at radius 2 is 2.00 bits per heavy atom. The van der Waals surface area contributed by atoms with Crippen molar-refractivity contribution in [3.8, 4) is 5.75 Å². The monoisotopic (exact) mass is 238 g/mol. The van der Waals surface area contributed by atoms with Gasteiger partial charge in [0, 0.05) is 20.3 Å². The number of carbonyl (C=O) groups excluding carboxylic acids is 1. The second kappa shape index (κ2) is 8.41. The highest BCUT2D eigenvalue weighted by atomic mass is 16.5. The fourth-order valence-electron chi connectivity index (χ4n) is 1.18. The normalized spacial score (nSPS) is 9.71. The Kier molecular flexibility index (Phi) is 6.59. The third-order valence-electron chi connectivity index (χ3n) is 2.03. The van der Waals surface area contributed by atoms with E-state index < -0.39 is 0 Å². The summed E-state index contributed by atoms with van der Waals surface area (Å²) in [5.74, 6) is 0.729. The van der Waals surface area contributed by atoms with Crippen molar-refractivity contribution in [2.75, 3.05) is 27.0 Å². The molecule has 0 aliphatic heterocycles. The molecule has 0 aromatic heterocycles. The molecule has 2 amide bonds. The van der Waals surface area contributed by atoms with Crippen molar-refractivity contribution in [1.82, 2.24) is 10.6 Å². The van der Waals surface area contributed by atoms with Gasteiger partial charge in [-0.1, -0.05) is 18.2 Å². The molecule has 0 spiro atoms. The zero-order chi connectivity index (χ0) is 12.3. The summed E-state index contributed by atoms with van der Waals surface area (Å²) >= 11 is 0. The van der Waals surface area contributed by atoms with E-state index in [0.717, 1.165) is 12.2 Å². The molecule has 1 rings (SSSR count). The third-order valence-corrected chi connectivity index (χ3v) is 2.03. The molecule has 0 saturated heterocycles. The Hall–Kier alpha value is -1.75. The van der Waals surface area contributed by atoms with Crippen LogP contribution in [-0.2, 0) is 4.74 Å². The van der Waals surface area contributed by atoms with Crippen molar-refractivity contribution in [2.24, 2.45) is 0 Å². The van der Waals surface area contributed by atoms with E-state index in [1.165, 1.54) is 0 Å². The summed E-state index contributed by atoms with van der Waals surface area (Å²) in [5.41, 5.74) is 0. The van der Waals surface area contributed by atoms with E-state index in [1.54, 1.807) is 7.11 Å². The smallest absolute Gasteiger partial charge is 0.317 e. The van der Waals surface area contributed by atoms with Crippen LogP contribution in [0.5, 0.6) is 5.75 Å². The van der Waals surface area contributed by atoms with Crippen LogP contribution < -0.4 is 15.4 Å². The van der Waals surface area contributed by atoms with Gasteiger partial charge < -0.3 is 20.1 Å². The molecule has 0 unspecified atom stereocenters. The number of methoxy groups -OCH3 is 1. The lowest BCUT2D eigenvalue weighted by Crippen LogP contribution is -2.38. The lowest BCUT2D eigenvalue weighted by molar-refractivity contribution is 0.192. The van der Waals surface area contributed by atoms with Crippen molar-refractivity contribution in [2.45, 2.75) is 6.42 Å². The molecule has 2 N–H and O–H groups in total. The van der Waals surface area contributed by atoms with Crippen LogP contribution in [0.2, 0.25) is 0 Å². The molecule has 0 heterocycles. The van der Waals surface area contributed by atoms with Crippen LogP contribution in [0.3, 0.4) is 0 Å². The van der Waals surface area contributed by atoms with Crippen LogP contribution in [0.1, 0.15) is 6.42 Å². The minimum atomic E-state index is -0.239. The summed E-state index contributed by atoms with van der Waals surface area (Å²) in [4.78, 5) is 11.3. The first-order valence-electron chi connectivity index (χ1n) is 5.51. The lowest BCUT2D eigenvalue weighted by Gasteiger charge is -2.08. The lowest BCUT2D eigenvalue weighted by atomic mass is 10.3. The number of nitrogens with one attached hydrogen (secondary N) is 2. The van der Waals surface area contributed by atoms with E-state index in [9.17, 15) is 4.79 Å². The molecule has 94 valence electrons. The van der Waals surface area contributed by atoms with E-state index in [1.807, 2.05) is 30.3 Å². The summed E-state index contributed by atoms with van der Waals surface area (Å²) in [5, 5.41) is 5.29. The van der Waals surface area contributed by atoms with Gasteiger partial charge in [-0.25, -0.2) is 4.79 Å². The Balaban J connectivity index is 2.04. The van der Waals surface area contributed by atoms with Gasteiger partial charge in [0.1, 0.15) is 5.75 Å². The van der Waals surface area contributed by atoms with Crippen molar-refractivity contribution >= 4 is 6.03 Å². The molecule has 0 saturated carbocycles. The summed E-state index contributed by atoms with van der Waals surface area (Å²) < 4.78 is 10.2. The van der Waals surface area contributed by atoms with E-state index >= 15 is 0 Å². The number of carbonyl (C=O) groups is 1. The fourth-order valence-corrected chi connectivity index (χ4v) is 1.18. The number of hydrogen-bond donors (Lipinski definition) is 2. The molecule has 0 atom stereocenters. The predicted octanol–water partition coefficient (Wildman–Crippen LogP) is 1.36. The Labute approximate surface area is 101 Å². The van der Waals surface area contributed by atoms with E-state index in [0.29, 0.717) is 13.2 Å². The summed E-state index contributed by atoms with van der Waals surface area (Å²) in [6.45, 7) is 1.38. The highest BCUT2D eigenvalue weighted by Gasteiger charge is 1.98. The molecule has 0 fully saturated rings. The number of para-hydroxylation sites is 1. The first-order valence-corrected chi connectivity index (χ1v) is 5.51. The molecule has 0 radical (unpaired) electrons. The average Bonchev–Trinajstić information content (AvgIpc) is 2.36. The van der Waals surface area contributed by atoms with Gasteiger partial charge in [0.25, 0.3) is 0 Å². The average molecular weight is 238 g/mol. The minimum absolute atomic E-state index is 0.153. The first kappa shape index (κ1) is 13.3. The first-order chi connectivity index (χ1) is 8.33. The van der Waals surface area contributed by atoms with Gasteiger partial charge in [0.2, 0.25) is 0 Å². The maximum atomic E-state index is 11.3. The summed E-state index contributed by atoms with van der Waals surface area (Å²) in [7, 11) is 1.63. The van der Waals surface area contributed by atoms with Crippen LogP contribution in [0.4, 0.5) is 4.79 Å². The van der Waals surface area contributed by atoms with Gasteiger partial charge in [0.05, 0.1) is 0 Å². The topological polar surface area (TPSA) is 59.6 Å². The van der Waals surface area contributed by atoms with Gasteiger partial charge in [-0.15, -0.1) is 0 Å². The second-order valence-corrected chi connectivity index (χ2v) is 3.38. The molecule has 17 heavy (non-hydrogen) atoms. The van der Waals surface area contributed by atoms with Crippen LogP contribution in [-0.4, -0.2) is 33.0 Å². The number of hydrogen-bond acceptors (Lipinski definition) is 3. The van der Waals surface area contributed by atoms with Gasteiger partial charge >= 0.3 is 6.03 Å². The molecule has 5 nitrogen and oxygen atoms in total. The van der Waals surface area contributed by atoms with E-state index in [-0.39, 0.29) is 12.8 Å². The van der Waals surface area contributed by atoms with E-state index in [2.05, 4.69) is 10.6 Å². The van der Waals surface area contributed by atoms with Crippen LogP contribution in [0.15, 0.2) is 30.3 Å². The molecule has 1 aromatic carbocycles. The zero-order valence-corrected chi connectivity index (χ0v) is 9.94. The number of ether oxygens (including phenoxy) is 2. The molecule has 5 heteroatoms. The number of amides is 2. The van der Waals surface area contributed by atoms with Crippen LogP contribution in [0, 0.1) is 0 Å². The Morgan fingerprint density at radius 1 is 1.24 bits per heavy atom. The second-order valence-electron chi connectivity index (χ2n) is 3.38. The number of urea groups is 1. The SMILES string of the molecule is COCCCNC(=O)NCOc1ccccc1. The van der Waals surface area contributed by atoms with Gasteiger partial charge in [-0.2, -0.15) is 0 Å². The van der Waals surface area contributed by atoms with Gasteiger partial charge in [-0.3, -0.25) is 0 Å². The predicted molar refractivity (Wildman–Crippen MR) is 65.0 cm³/mol. The van der Waals surface area contributed by atoms with Gasteiger partial charge in [0.15, 0.2) is 6.73 Å². The van der Waals surface area contributed by atoms with Crippen molar-refractivity contribution in [1.29, 1.82) is 0 Å². The Bertz CT molecular complexity index is 317. The van der Waals surface area contributed by atoms with Crippen LogP contribution >= 0.6 is 0 Å². The molecule has 0 aliphatic rings. The zero-order valence-electron chi connectivity index (χ0n) is 9.94. The highest BCUT2D eigenvalue weighted by Crippen LogP contribution is 2.06. The highest BCUT2D eigenvalue weighted by molar-refractivity contribution is 5.73. The van der Waals surface area contributed by atoms with Crippen molar-refractivity contribution in [3.05, 3.63) is 30.3 Å². The number of benzene rings is 1. The largest absolute Gasteiger partial charge is 0.473 e. The minimum Gasteiger partial charge on any atom is -0.473 e. The summed E-state index contributed by atoms with van der Waals surface area (Å²) in [6.07, 6.45) is 0.795. The van der Waals surface area contributed by atoms with Crippen molar-refractivity contribution < 1.29 is 14.3 Å². The third kappa shape index (κ3) is 6.42. The molecular formula is C12H18N2O3.